The van der Waals surface area contributed by atoms with Crippen LogP contribution in [0.1, 0.15) is 42.5 Å². The fraction of sp³-hybridized carbons (Fsp3) is 0.304. The van der Waals surface area contributed by atoms with Crippen LogP contribution < -0.4 is 4.74 Å². The molecule has 0 saturated carbocycles. The second-order valence-corrected chi connectivity index (χ2v) is 7.43. The Hall–Kier alpha value is -3.29. The predicted molar refractivity (Wildman–Crippen MR) is 106 cm³/mol. The number of nitrogens with zero attached hydrogens (tertiary/aromatic N) is 2. The van der Waals surface area contributed by atoms with Gasteiger partial charge in [-0.15, -0.1) is 0 Å². The molecule has 1 aromatic heterocycles. The topological polar surface area (TPSA) is 55.6 Å². The maximum atomic E-state index is 13.8. The van der Waals surface area contributed by atoms with Gasteiger partial charge in [-0.25, -0.2) is 18.2 Å². The molecule has 3 aromatic rings. The summed E-state index contributed by atoms with van der Waals surface area (Å²) in [6, 6.07) is 8.73. The second-order valence-electron chi connectivity index (χ2n) is 7.43. The Morgan fingerprint density at radius 3 is 2.65 bits per heavy atom. The van der Waals surface area contributed by atoms with Crippen LogP contribution in [0.4, 0.5) is 13.2 Å². The Bertz CT molecular complexity index is 1050. The zero-order valence-electron chi connectivity index (χ0n) is 16.7. The minimum atomic E-state index is -0.860. The molecule has 0 aliphatic carbocycles. The van der Waals surface area contributed by atoms with Crippen LogP contribution in [0.3, 0.4) is 0 Å². The Morgan fingerprint density at radius 2 is 1.87 bits per heavy atom. The average Bonchev–Trinajstić information content (AvgIpc) is 3.23. The number of benzene rings is 2. The molecule has 0 bridgehead atoms. The number of rotatable bonds is 6. The minimum absolute atomic E-state index is 0.180. The molecule has 1 fully saturated rings. The van der Waals surface area contributed by atoms with E-state index in [0.717, 1.165) is 30.5 Å². The largest absolute Gasteiger partial charge is 0.481 e. The number of hydrogen-bond donors (Lipinski definition) is 0. The highest BCUT2D eigenvalue weighted by Gasteiger charge is 2.31. The molecule has 1 amide bonds. The molecule has 31 heavy (non-hydrogen) atoms. The lowest BCUT2D eigenvalue weighted by Crippen LogP contribution is -2.41. The summed E-state index contributed by atoms with van der Waals surface area (Å²) in [6.45, 7) is 0.136. The SMILES string of the molecule is O=C(COc1ccc(F)cc1F)N1CCCC[C@@H]1c1ncc(Cc2ccc(F)cc2)o1. The van der Waals surface area contributed by atoms with Crippen LogP contribution in [0.2, 0.25) is 0 Å². The summed E-state index contributed by atoms with van der Waals surface area (Å²) in [5, 5.41) is 0. The van der Waals surface area contributed by atoms with Gasteiger partial charge in [0.1, 0.15) is 23.4 Å². The van der Waals surface area contributed by atoms with E-state index in [2.05, 4.69) is 4.98 Å². The Morgan fingerprint density at radius 1 is 1.10 bits per heavy atom. The van der Waals surface area contributed by atoms with Gasteiger partial charge in [-0.2, -0.15) is 0 Å². The summed E-state index contributed by atoms with van der Waals surface area (Å²) in [6.07, 6.45) is 4.50. The van der Waals surface area contributed by atoms with Crippen molar-refractivity contribution in [2.45, 2.75) is 31.7 Å². The lowest BCUT2D eigenvalue weighted by molar-refractivity contribution is -0.137. The van der Waals surface area contributed by atoms with E-state index in [0.29, 0.717) is 37.1 Å². The van der Waals surface area contributed by atoms with E-state index in [1.165, 1.54) is 12.1 Å². The van der Waals surface area contributed by atoms with Gasteiger partial charge in [-0.3, -0.25) is 4.79 Å². The molecule has 5 nitrogen and oxygen atoms in total. The molecule has 0 N–H and O–H groups in total. The molecule has 162 valence electrons. The Balaban J connectivity index is 1.42. The molecule has 1 saturated heterocycles. The van der Waals surface area contributed by atoms with Gasteiger partial charge in [-0.05, 0) is 49.1 Å². The Labute approximate surface area is 177 Å². The zero-order chi connectivity index (χ0) is 21.8. The summed E-state index contributed by atoms with van der Waals surface area (Å²) in [4.78, 5) is 18.7. The molecule has 1 aliphatic rings. The molecule has 2 heterocycles. The first kappa shape index (κ1) is 21.0. The first-order chi connectivity index (χ1) is 15.0. The lowest BCUT2D eigenvalue weighted by Gasteiger charge is -2.33. The highest BCUT2D eigenvalue weighted by molar-refractivity contribution is 5.78. The van der Waals surface area contributed by atoms with Crippen molar-refractivity contribution in [3.05, 3.63) is 83.3 Å². The third-order valence-corrected chi connectivity index (χ3v) is 5.22. The summed E-state index contributed by atoms with van der Waals surface area (Å²) in [5.74, 6) is -1.34. The van der Waals surface area contributed by atoms with Crippen molar-refractivity contribution in [2.75, 3.05) is 13.2 Å². The van der Waals surface area contributed by atoms with Crippen molar-refractivity contribution < 1.29 is 27.1 Å². The molecule has 2 aromatic carbocycles. The standard InChI is InChI=1S/C23H21F3N2O3/c24-16-6-4-15(5-7-16)11-18-13-27-23(31-18)20-3-1-2-10-28(20)22(29)14-30-21-9-8-17(25)12-19(21)26/h4-9,12-13,20H,1-3,10-11,14H2/t20-/m1/s1. The van der Waals surface area contributed by atoms with Crippen molar-refractivity contribution in [1.29, 1.82) is 0 Å². The van der Waals surface area contributed by atoms with Crippen molar-refractivity contribution in [3.8, 4) is 5.75 Å². The van der Waals surface area contributed by atoms with Crippen molar-refractivity contribution in [2.24, 2.45) is 0 Å². The van der Waals surface area contributed by atoms with Crippen LogP contribution >= 0.6 is 0 Å². The van der Waals surface area contributed by atoms with Crippen LogP contribution in [0.15, 0.2) is 53.1 Å². The fourth-order valence-corrected chi connectivity index (χ4v) is 3.66. The highest BCUT2D eigenvalue weighted by atomic mass is 19.1. The van der Waals surface area contributed by atoms with Crippen LogP contribution in [0.25, 0.3) is 0 Å². The van der Waals surface area contributed by atoms with Gasteiger partial charge in [0.2, 0.25) is 5.89 Å². The number of carbonyl (C=O) groups excluding carboxylic acids is 1. The summed E-state index contributed by atoms with van der Waals surface area (Å²) >= 11 is 0. The third kappa shape index (κ3) is 5.07. The van der Waals surface area contributed by atoms with Gasteiger partial charge < -0.3 is 14.1 Å². The monoisotopic (exact) mass is 430 g/mol. The highest BCUT2D eigenvalue weighted by Crippen LogP contribution is 2.31. The van der Waals surface area contributed by atoms with Gasteiger partial charge in [0, 0.05) is 19.0 Å². The smallest absolute Gasteiger partial charge is 0.261 e. The van der Waals surface area contributed by atoms with Crippen LogP contribution in [0, 0.1) is 17.5 Å². The van der Waals surface area contributed by atoms with Crippen LogP contribution in [-0.2, 0) is 11.2 Å². The fourth-order valence-electron chi connectivity index (χ4n) is 3.66. The maximum absolute atomic E-state index is 13.8. The van der Waals surface area contributed by atoms with Crippen molar-refractivity contribution in [3.63, 3.8) is 0 Å². The molecule has 0 spiro atoms. The average molecular weight is 430 g/mol. The first-order valence-electron chi connectivity index (χ1n) is 10.1. The maximum Gasteiger partial charge on any atom is 0.261 e. The number of halogens is 3. The lowest BCUT2D eigenvalue weighted by atomic mass is 10.0. The second kappa shape index (κ2) is 9.24. The molecule has 1 aliphatic heterocycles. The zero-order valence-corrected chi connectivity index (χ0v) is 16.7. The van der Waals surface area contributed by atoms with E-state index in [1.54, 1.807) is 23.2 Å². The minimum Gasteiger partial charge on any atom is -0.481 e. The number of carbonyl (C=O) groups is 1. The molecule has 8 heteroatoms. The van der Waals surface area contributed by atoms with Crippen molar-refractivity contribution in [1.82, 2.24) is 9.88 Å². The molecular weight excluding hydrogens is 409 g/mol. The number of oxazole rings is 1. The molecule has 0 unspecified atom stereocenters. The van der Waals surface area contributed by atoms with E-state index < -0.39 is 11.6 Å². The summed E-state index contributed by atoms with van der Waals surface area (Å²) < 4.78 is 51.0. The number of likely N-dealkylation sites (tertiary alicyclic amines) is 1. The van der Waals surface area contributed by atoms with Gasteiger partial charge >= 0.3 is 0 Å². The van der Waals surface area contributed by atoms with E-state index in [-0.39, 0.29) is 30.1 Å². The summed E-state index contributed by atoms with van der Waals surface area (Å²) in [7, 11) is 0. The van der Waals surface area contributed by atoms with E-state index in [1.807, 2.05) is 0 Å². The van der Waals surface area contributed by atoms with Gasteiger partial charge in [-0.1, -0.05) is 12.1 Å². The molecule has 4 rings (SSSR count). The molecular formula is C23H21F3N2O3. The van der Waals surface area contributed by atoms with Crippen LogP contribution in [-0.4, -0.2) is 28.9 Å². The normalized spacial score (nSPS) is 16.4. The number of hydrogen-bond acceptors (Lipinski definition) is 4. The number of aromatic nitrogens is 1. The Kier molecular flexibility index (Phi) is 6.25. The third-order valence-electron chi connectivity index (χ3n) is 5.22. The van der Waals surface area contributed by atoms with Crippen molar-refractivity contribution >= 4 is 5.91 Å². The first-order valence-corrected chi connectivity index (χ1v) is 10.1. The van der Waals surface area contributed by atoms with Gasteiger partial charge in [0.15, 0.2) is 18.2 Å². The van der Waals surface area contributed by atoms with Gasteiger partial charge in [0.25, 0.3) is 5.91 Å². The van der Waals surface area contributed by atoms with Crippen LogP contribution in [0.5, 0.6) is 5.75 Å². The summed E-state index contributed by atoms with van der Waals surface area (Å²) in [5.41, 5.74) is 0.885. The number of ether oxygens (including phenoxy) is 1. The van der Waals surface area contributed by atoms with E-state index in [9.17, 15) is 18.0 Å². The number of amides is 1. The predicted octanol–water partition coefficient (Wildman–Crippen LogP) is 4.82. The quantitative estimate of drug-likeness (QED) is 0.563. The molecule has 1 atom stereocenters. The number of piperidine rings is 1. The molecule has 0 radical (unpaired) electrons. The van der Waals surface area contributed by atoms with E-state index >= 15 is 0 Å². The van der Waals surface area contributed by atoms with Gasteiger partial charge in [0.05, 0.1) is 6.20 Å². The van der Waals surface area contributed by atoms with E-state index in [4.69, 9.17) is 9.15 Å².